The summed E-state index contributed by atoms with van der Waals surface area (Å²) in [5.41, 5.74) is 1.47. The molecule has 0 spiro atoms. The van der Waals surface area contributed by atoms with E-state index in [1.807, 2.05) is 42.5 Å². The molecule has 4 heteroatoms. The molecule has 0 saturated heterocycles. The van der Waals surface area contributed by atoms with Crippen molar-refractivity contribution in [3.8, 4) is 0 Å². The number of anilines is 1. The molecule has 1 aromatic carbocycles. The van der Waals surface area contributed by atoms with E-state index in [9.17, 15) is 4.79 Å². The van der Waals surface area contributed by atoms with Crippen LogP contribution in [0, 0.1) is 0 Å². The van der Waals surface area contributed by atoms with Crippen molar-refractivity contribution < 1.29 is 4.79 Å². The van der Waals surface area contributed by atoms with Gasteiger partial charge in [-0.1, -0.05) is 18.2 Å². The zero-order valence-electron chi connectivity index (χ0n) is 9.13. The number of benzene rings is 1. The van der Waals surface area contributed by atoms with Crippen LogP contribution < -0.4 is 5.32 Å². The standard InChI is InChI=1S/C13H12N2OS/c16-13(9-10-5-3-4-8-14-10)15-11-6-1-2-7-12(11)17/h1-8,17H,9H2,(H,15,16). The number of nitrogens with zero attached hydrogens (tertiary/aromatic N) is 1. The fourth-order valence-electron chi connectivity index (χ4n) is 1.44. The fourth-order valence-corrected chi connectivity index (χ4v) is 1.66. The second-order valence-corrected chi connectivity index (χ2v) is 4.04. The van der Waals surface area contributed by atoms with Crippen molar-refractivity contribution in [3.05, 3.63) is 54.4 Å². The molecule has 86 valence electrons. The van der Waals surface area contributed by atoms with Crippen LogP contribution in [0.5, 0.6) is 0 Å². The monoisotopic (exact) mass is 244 g/mol. The lowest BCUT2D eigenvalue weighted by atomic mass is 10.2. The summed E-state index contributed by atoms with van der Waals surface area (Å²) in [4.78, 5) is 16.6. The smallest absolute Gasteiger partial charge is 0.230 e. The number of nitrogens with one attached hydrogen (secondary N) is 1. The molecule has 1 N–H and O–H groups in total. The number of para-hydroxylation sites is 1. The number of carbonyl (C=O) groups excluding carboxylic acids is 1. The van der Waals surface area contributed by atoms with Crippen LogP contribution in [0.25, 0.3) is 0 Å². The highest BCUT2D eigenvalue weighted by atomic mass is 32.1. The van der Waals surface area contributed by atoms with Crippen molar-refractivity contribution in [2.24, 2.45) is 0 Å². The molecule has 3 nitrogen and oxygen atoms in total. The van der Waals surface area contributed by atoms with Crippen molar-refractivity contribution in [2.75, 3.05) is 5.32 Å². The van der Waals surface area contributed by atoms with Crippen molar-refractivity contribution in [1.82, 2.24) is 4.98 Å². The molecule has 0 radical (unpaired) electrons. The molecule has 0 bridgehead atoms. The number of hydrogen-bond donors (Lipinski definition) is 2. The Morgan fingerprint density at radius 1 is 1.18 bits per heavy atom. The molecule has 17 heavy (non-hydrogen) atoms. The van der Waals surface area contributed by atoms with Gasteiger partial charge in [-0.05, 0) is 24.3 Å². The molecule has 0 unspecified atom stereocenters. The van der Waals surface area contributed by atoms with Gasteiger partial charge < -0.3 is 5.32 Å². The second-order valence-electron chi connectivity index (χ2n) is 3.56. The Hall–Kier alpha value is -1.81. The lowest BCUT2D eigenvalue weighted by Gasteiger charge is -2.06. The minimum Gasteiger partial charge on any atom is -0.325 e. The molecule has 0 aliphatic heterocycles. The van der Waals surface area contributed by atoms with Crippen molar-refractivity contribution >= 4 is 24.2 Å². The van der Waals surface area contributed by atoms with Crippen LogP contribution in [0.15, 0.2) is 53.6 Å². The summed E-state index contributed by atoms with van der Waals surface area (Å²) in [6.45, 7) is 0. The van der Waals surface area contributed by atoms with Crippen LogP contribution in [0.2, 0.25) is 0 Å². The van der Waals surface area contributed by atoms with Crippen LogP contribution in [-0.4, -0.2) is 10.9 Å². The number of pyridine rings is 1. The Balaban J connectivity index is 2.01. The van der Waals surface area contributed by atoms with Gasteiger partial charge in [0.1, 0.15) is 0 Å². The summed E-state index contributed by atoms with van der Waals surface area (Å²) < 4.78 is 0. The van der Waals surface area contributed by atoms with E-state index in [2.05, 4.69) is 22.9 Å². The van der Waals surface area contributed by atoms with Crippen LogP contribution in [0.3, 0.4) is 0 Å². The third-order valence-corrected chi connectivity index (χ3v) is 2.64. The summed E-state index contributed by atoms with van der Waals surface area (Å²) >= 11 is 4.27. The highest BCUT2D eigenvalue weighted by Gasteiger charge is 2.06. The molecule has 2 rings (SSSR count). The van der Waals surface area contributed by atoms with E-state index < -0.39 is 0 Å². The van der Waals surface area contributed by atoms with E-state index in [1.54, 1.807) is 6.20 Å². The number of carbonyl (C=O) groups is 1. The van der Waals surface area contributed by atoms with E-state index in [4.69, 9.17) is 0 Å². The molecule has 0 aliphatic carbocycles. The first-order valence-electron chi connectivity index (χ1n) is 5.23. The van der Waals surface area contributed by atoms with Gasteiger partial charge in [0.2, 0.25) is 5.91 Å². The predicted molar refractivity (Wildman–Crippen MR) is 70.3 cm³/mol. The van der Waals surface area contributed by atoms with Gasteiger partial charge in [0.25, 0.3) is 0 Å². The maximum Gasteiger partial charge on any atom is 0.230 e. The van der Waals surface area contributed by atoms with Gasteiger partial charge in [-0.15, -0.1) is 12.6 Å². The maximum atomic E-state index is 11.7. The minimum atomic E-state index is -0.0924. The quantitative estimate of drug-likeness (QED) is 0.815. The predicted octanol–water partition coefficient (Wildman–Crippen LogP) is 2.55. The van der Waals surface area contributed by atoms with E-state index in [1.165, 1.54) is 0 Å². The number of amides is 1. The third kappa shape index (κ3) is 3.32. The number of rotatable bonds is 3. The normalized spacial score (nSPS) is 9.94. The lowest BCUT2D eigenvalue weighted by molar-refractivity contribution is -0.115. The number of aromatic nitrogens is 1. The zero-order valence-corrected chi connectivity index (χ0v) is 10.0. The van der Waals surface area contributed by atoms with Gasteiger partial charge in [0, 0.05) is 16.8 Å². The molecule has 1 aromatic heterocycles. The Kier molecular flexibility index (Phi) is 3.77. The van der Waals surface area contributed by atoms with Crippen LogP contribution in [-0.2, 0) is 11.2 Å². The first-order chi connectivity index (χ1) is 8.25. The third-order valence-electron chi connectivity index (χ3n) is 2.25. The van der Waals surface area contributed by atoms with Crippen LogP contribution in [0.1, 0.15) is 5.69 Å². The van der Waals surface area contributed by atoms with Crippen molar-refractivity contribution in [3.63, 3.8) is 0 Å². The first-order valence-corrected chi connectivity index (χ1v) is 5.68. The molecule has 1 heterocycles. The lowest BCUT2D eigenvalue weighted by Crippen LogP contribution is -2.15. The van der Waals surface area contributed by atoms with Crippen LogP contribution >= 0.6 is 12.6 Å². The Labute approximate surface area is 105 Å². The molecule has 0 atom stereocenters. The van der Waals surface area contributed by atoms with E-state index in [0.717, 1.165) is 16.3 Å². The van der Waals surface area contributed by atoms with Crippen molar-refractivity contribution in [1.29, 1.82) is 0 Å². The molecule has 0 aliphatic rings. The highest BCUT2D eigenvalue weighted by Crippen LogP contribution is 2.18. The fraction of sp³-hybridized carbons (Fsp3) is 0.0769. The largest absolute Gasteiger partial charge is 0.325 e. The summed E-state index contributed by atoms with van der Waals surface area (Å²) in [6, 6.07) is 12.9. The van der Waals surface area contributed by atoms with Gasteiger partial charge in [0.15, 0.2) is 0 Å². The molecule has 0 saturated carbocycles. The highest BCUT2D eigenvalue weighted by molar-refractivity contribution is 7.80. The Bertz CT molecular complexity index is 514. The molecular formula is C13H12N2OS. The first kappa shape index (κ1) is 11.7. The average Bonchev–Trinajstić information content (AvgIpc) is 2.33. The van der Waals surface area contributed by atoms with Gasteiger partial charge in [-0.3, -0.25) is 9.78 Å². The molecule has 1 amide bonds. The summed E-state index contributed by atoms with van der Waals surface area (Å²) in [7, 11) is 0. The maximum absolute atomic E-state index is 11.7. The molecule has 0 fully saturated rings. The van der Waals surface area contributed by atoms with Gasteiger partial charge in [-0.2, -0.15) is 0 Å². The van der Waals surface area contributed by atoms with E-state index in [-0.39, 0.29) is 12.3 Å². The van der Waals surface area contributed by atoms with E-state index >= 15 is 0 Å². The zero-order chi connectivity index (χ0) is 12.1. The van der Waals surface area contributed by atoms with Gasteiger partial charge in [0.05, 0.1) is 12.1 Å². The summed E-state index contributed by atoms with van der Waals surface area (Å²) in [6.07, 6.45) is 1.94. The summed E-state index contributed by atoms with van der Waals surface area (Å²) in [5.74, 6) is -0.0924. The van der Waals surface area contributed by atoms with Crippen molar-refractivity contribution in [2.45, 2.75) is 11.3 Å². The van der Waals surface area contributed by atoms with Crippen LogP contribution in [0.4, 0.5) is 5.69 Å². The second kappa shape index (κ2) is 5.50. The number of hydrogen-bond acceptors (Lipinski definition) is 3. The minimum absolute atomic E-state index is 0.0924. The van der Waals surface area contributed by atoms with E-state index in [0.29, 0.717) is 0 Å². The average molecular weight is 244 g/mol. The topological polar surface area (TPSA) is 42.0 Å². The Morgan fingerprint density at radius 3 is 2.65 bits per heavy atom. The summed E-state index contributed by atoms with van der Waals surface area (Å²) in [5, 5.41) is 2.80. The molecule has 2 aromatic rings. The Morgan fingerprint density at radius 2 is 1.94 bits per heavy atom. The van der Waals surface area contributed by atoms with Gasteiger partial charge >= 0.3 is 0 Å². The molecular weight excluding hydrogens is 232 g/mol. The SMILES string of the molecule is O=C(Cc1ccccn1)Nc1ccccc1S. The number of thiol groups is 1. The van der Waals surface area contributed by atoms with Gasteiger partial charge in [-0.25, -0.2) is 0 Å².